The maximum Gasteiger partial charge on any atom is 0.333 e. The summed E-state index contributed by atoms with van der Waals surface area (Å²) in [4.78, 5) is 10.7. The van der Waals surface area contributed by atoms with Gasteiger partial charge >= 0.3 is 5.69 Å². The van der Waals surface area contributed by atoms with Crippen molar-refractivity contribution < 1.29 is 4.92 Å². The molecule has 0 radical (unpaired) electrons. The summed E-state index contributed by atoms with van der Waals surface area (Å²) >= 11 is 1.70. The zero-order valence-electron chi connectivity index (χ0n) is 10.6. The minimum atomic E-state index is -0.361. The van der Waals surface area contributed by atoms with E-state index in [1.165, 1.54) is 0 Å². The molecule has 1 N–H and O–H groups in total. The van der Waals surface area contributed by atoms with E-state index < -0.39 is 0 Å². The normalized spacial score (nSPS) is 12.5. The SMILES string of the molecule is CCc1nn(C)c(NC(C)CSC)c1[N+](=O)[O-]. The van der Waals surface area contributed by atoms with E-state index in [2.05, 4.69) is 10.4 Å². The fourth-order valence-corrected chi connectivity index (χ4v) is 2.27. The molecule has 0 aromatic carbocycles. The van der Waals surface area contributed by atoms with E-state index >= 15 is 0 Å². The predicted octanol–water partition coefficient (Wildman–Crippen LogP) is 2.05. The molecule has 0 aliphatic heterocycles. The summed E-state index contributed by atoms with van der Waals surface area (Å²) in [5, 5.41) is 18.4. The van der Waals surface area contributed by atoms with Gasteiger partial charge in [-0.1, -0.05) is 6.92 Å². The second-order valence-corrected chi connectivity index (χ2v) is 4.79. The van der Waals surface area contributed by atoms with Crippen molar-refractivity contribution in [1.29, 1.82) is 0 Å². The maximum absolute atomic E-state index is 11.1. The molecule has 0 saturated carbocycles. The average molecular weight is 258 g/mol. The lowest BCUT2D eigenvalue weighted by Gasteiger charge is -2.13. The van der Waals surface area contributed by atoms with E-state index in [4.69, 9.17) is 0 Å². The summed E-state index contributed by atoms with van der Waals surface area (Å²) in [5.74, 6) is 1.39. The van der Waals surface area contributed by atoms with Crippen LogP contribution in [0.3, 0.4) is 0 Å². The smallest absolute Gasteiger partial charge is 0.333 e. The number of anilines is 1. The van der Waals surface area contributed by atoms with Crippen molar-refractivity contribution in [1.82, 2.24) is 9.78 Å². The van der Waals surface area contributed by atoms with Crippen LogP contribution in [0.15, 0.2) is 0 Å². The Morgan fingerprint density at radius 3 is 2.76 bits per heavy atom. The fourth-order valence-electron chi connectivity index (χ4n) is 1.69. The van der Waals surface area contributed by atoms with Crippen molar-refractivity contribution in [3.63, 3.8) is 0 Å². The lowest BCUT2D eigenvalue weighted by Crippen LogP contribution is -2.20. The largest absolute Gasteiger partial charge is 0.361 e. The van der Waals surface area contributed by atoms with Crippen LogP contribution < -0.4 is 5.32 Å². The van der Waals surface area contributed by atoms with Gasteiger partial charge < -0.3 is 5.32 Å². The predicted molar refractivity (Wildman–Crippen MR) is 70.7 cm³/mol. The molecule has 17 heavy (non-hydrogen) atoms. The van der Waals surface area contributed by atoms with Crippen LogP contribution in [0.2, 0.25) is 0 Å². The first kappa shape index (κ1) is 13.8. The quantitative estimate of drug-likeness (QED) is 0.624. The standard InChI is InChI=1S/C10H18N4O2S/c1-5-8-9(14(15)16)10(13(3)12-8)11-7(2)6-17-4/h7,11H,5-6H2,1-4H3. The molecular formula is C10H18N4O2S. The van der Waals surface area contributed by atoms with Crippen LogP contribution in [-0.2, 0) is 13.5 Å². The third-order valence-electron chi connectivity index (χ3n) is 2.41. The minimum Gasteiger partial charge on any atom is -0.361 e. The van der Waals surface area contributed by atoms with Gasteiger partial charge in [0.2, 0.25) is 5.82 Å². The topological polar surface area (TPSA) is 73.0 Å². The van der Waals surface area contributed by atoms with E-state index in [0.29, 0.717) is 17.9 Å². The van der Waals surface area contributed by atoms with Gasteiger partial charge in [-0.15, -0.1) is 0 Å². The number of nitrogens with one attached hydrogen (secondary N) is 1. The molecule has 0 saturated heterocycles. The second kappa shape index (κ2) is 5.90. The summed E-state index contributed by atoms with van der Waals surface area (Å²) in [7, 11) is 1.72. The molecule has 0 spiro atoms. The molecule has 0 amide bonds. The molecule has 0 aliphatic carbocycles. The van der Waals surface area contributed by atoms with E-state index in [-0.39, 0.29) is 16.7 Å². The summed E-state index contributed by atoms with van der Waals surface area (Å²) < 4.78 is 1.55. The number of hydrogen-bond acceptors (Lipinski definition) is 5. The summed E-state index contributed by atoms with van der Waals surface area (Å²) in [5.41, 5.74) is 0.624. The molecule has 1 aromatic heterocycles. The number of hydrogen-bond donors (Lipinski definition) is 1. The Morgan fingerprint density at radius 2 is 2.29 bits per heavy atom. The highest BCUT2D eigenvalue weighted by Crippen LogP contribution is 2.29. The van der Waals surface area contributed by atoms with Crippen LogP contribution in [0, 0.1) is 10.1 Å². The van der Waals surface area contributed by atoms with Gasteiger partial charge in [0.15, 0.2) is 0 Å². The number of aromatic nitrogens is 2. The number of nitrogens with zero attached hydrogens (tertiary/aromatic N) is 3. The third kappa shape index (κ3) is 3.12. The van der Waals surface area contributed by atoms with E-state index in [1.807, 2.05) is 20.1 Å². The summed E-state index contributed by atoms with van der Waals surface area (Å²) in [6.45, 7) is 3.86. The highest BCUT2D eigenvalue weighted by atomic mass is 32.2. The van der Waals surface area contributed by atoms with Gasteiger partial charge in [0.1, 0.15) is 5.69 Å². The van der Waals surface area contributed by atoms with Crippen molar-refractivity contribution >= 4 is 23.3 Å². The van der Waals surface area contributed by atoms with Gasteiger partial charge in [-0.05, 0) is 19.6 Å². The zero-order valence-corrected chi connectivity index (χ0v) is 11.4. The number of aryl methyl sites for hydroxylation is 2. The van der Waals surface area contributed by atoms with Crippen molar-refractivity contribution in [3.8, 4) is 0 Å². The number of nitro groups is 1. The van der Waals surface area contributed by atoms with Crippen molar-refractivity contribution in [2.45, 2.75) is 26.3 Å². The fraction of sp³-hybridized carbons (Fsp3) is 0.700. The molecule has 96 valence electrons. The Morgan fingerprint density at radius 1 is 1.65 bits per heavy atom. The van der Waals surface area contributed by atoms with Gasteiger partial charge in [-0.25, -0.2) is 4.68 Å². The van der Waals surface area contributed by atoms with Gasteiger partial charge in [0, 0.05) is 18.8 Å². The molecule has 1 rings (SSSR count). The minimum absolute atomic E-state index is 0.1000. The molecule has 6 nitrogen and oxygen atoms in total. The van der Waals surface area contributed by atoms with E-state index in [0.717, 1.165) is 5.75 Å². The van der Waals surface area contributed by atoms with Crippen LogP contribution in [-0.4, -0.2) is 32.8 Å². The Balaban J connectivity index is 3.04. The first-order valence-corrected chi connectivity index (χ1v) is 6.86. The van der Waals surface area contributed by atoms with E-state index in [1.54, 1.807) is 23.5 Å². The Labute approximate surface area is 105 Å². The lowest BCUT2D eigenvalue weighted by molar-refractivity contribution is -0.384. The first-order valence-electron chi connectivity index (χ1n) is 5.47. The van der Waals surface area contributed by atoms with Gasteiger partial charge in [-0.2, -0.15) is 16.9 Å². The molecule has 1 heterocycles. The van der Waals surface area contributed by atoms with Crippen molar-refractivity contribution in [3.05, 3.63) is 15.8 Å². The molecule has 0 fully saturated rings. The number of thioether (sulfide) groups is 1. The molecule has 1 aromatic rings. The van der Waals surface area contributed by atoms with Crippen molar-refractivity contribution in [2.24, 2.45) is 7.05 Å². The maximum atomic E-state index is 11.1. The zero-order chi connectivity index (χ0) is 13.0. The molecular weight excluding hydrogens is 240 g/mol. The molecule has 0 bridgehead atoms. The Kier molecular flexibility index (Phi) is 4.80. The number of rotatable bonds is 6. The Hall–Kier alpha value is -1.24. The van der Waals surface area contributed by atoms with Crippen LogP contribution in [0.4, 0.5) is 11.5 Å². The van der Waals surface area contributed by atoms with Gasteiger partial charge in [-0.3, -0.25) is 10.1 Å². The van der Waals surface area contributed by atoms with Crippen LogP contribution >= 0.6 is 11.8 Å². The van der Waals surface area contributed by atoms with Gasteiger partial charge in [0.25, 0.3) is 0 Å². The molecule has 7 heteroatoms. The molecule has 0 aliphatic rings. The van der Waals surface area contributed by atoms with Crippen LogP contribution in [0.1, 0.15) is 19.5 Å². The van der Waals surface area contributed by atoms with Crippen LogP contribution in [0.25, 0.3) is 0 Å². The summed E-state index contributed by atoms with van der Waals surface area (Å²) in [6.07, 6.45) is 2.57. The highest BCUT2D eigenvalue weighted by molar-refractivity contribution is 7.98. The van der Waals surface area contributed by atoms with E-state index in [9.17, 15) is 10.1 Å². The lowest BCUT2D eigenvalue weighted by atomic mass is 10.3. The molecule has 1 unspecified atom stereocenters. The van der Waals surface area contributed by atoms with Crippen LogP contribution in [0.5, 0.6) is 0 Å². The Bertz CT molecular complexity index is 405. The van der Waals surface area contributed by atoms with Gasteiger partial charge in [0.05, 0.1) is 4.92 Å². The molecule has 1 atom stereocenters. The van der Waals surface area contributed by atoms with Crippen molar-refractivity contribution in [2.75, 3.05) is 17.3 Å². The highest BCUT2D eigenvalue weighted by Gasteiger charge is 2.26. The average Bonchev–Trinajstić information content (AvgIpc) is 2.56. The first-order chi connectivity index (χ1) is 8.01. The summed E-state index contributed by atoms with van der Waals surface area (Å²) in [6, 6.07) is 0.170. The second-order valence-electron chi connectivity index (χ2n) is 3.88. The monoisotopic (exact) mass is 258 g/mol. The third-order valence-corrected chi connectivity index (χ3v) is 3.24.